The maximum atomic E-state index is 11.8. The van der Waals surface area contributed by atoms with Gasteiger partial charge in [-0.15, -0.1) is 0 Å². The average Bonchev–Trinajstić information content (AvgIpc) is 2.97. The zero-order valence-electron chi connectivity index (χ0n) is 9.51. The Hall–Kier alpha value is -1.06. The highest BCUT2D eigenvalue weighted by Crippen LogP contribution is 2.45. The molecule has 1 aliphatic rings. The molecule has 0 aliphatic heterocycles. The van der Waals surface area contributed by atoms with Gasteiger partial charge in [0, 0.05) is 6.04 Å². The number of hydrogen-bond acceptors (Lipinski definition) is 2. The summed E-state index contributed by atoms with van der Waals surface area (Å²) in [4.78, 5) is 22.9. The zero-order valence-corrected chi connectivity index (χ0v) is 9.51. The Morgan fingerprint density at radius 2 is 2.00 bits per heavy atom. The van der Waals surface area contributed by atoms with E-state index in [9.17, 15) is 9.59 Å². The molecule has 0 radical (unpaired) electrons. The Morgan fingerprint density at radius 1 is 1.40 bits per heavy atom. The molecule has 2 amide bonds. The van der Waals surface area contributed by atoms with Gasteiger partial charge in [-0.2, -0.15) is 0 Å². The number of carbonyl (C=O) groups is 2. The van der Waals surface area contributed by atoms with E-state index in [4.69, 9.17) is 5.73 Å². The van der Waals surface area contributed by atoms with Crippen LogP contribution >= 0.6 is 0 Å². The summed E-state index contributed by atoms with van der Waals surface area (Å²) in [6, 6.07) is 0.180. The molecule has 3 N–H and O–H groups in total. The van der Waals surface area contributed by atoms with Crippen molar-refractivity contribution in [3.05, 3.63) is 0 Å². The number of nitrogens with two attached hydrogens (primary N) is 1. The van der Waals surface area contributed by atoms with E-state index in [-0.39, 0.29) is 11.9 Å². The van der Waals surface area contributed by atoms with Gasteiger partial charge in [-0.25, -0.2) is 0 Å². The highest BCUT2D eigenvalue weighted by atomic mass is 16.2. The Bertz CT molecular complexity index is 259. The fourth-order valence-corrected chi connectivity index (χ4v) is 1.76. The Balaban J connectivity index is 2.51. The van der Waals surface area contributed by atoms with Crippen LogP contribution in [0.1, 0.15) is 46.0 Å². The maximum absolute atomic E-state index is 11.8. The molecule has 15 heavy (non-hydrogen) atoms. The van der Waals surface area contributed by atoms with Crippen LogP contribution in [0.5, 0.6) is 0 Å². The standard InChI is InChI=1S/C11H20N2O2/c1-3-5-8(4-2)13-10(15)11(6-7-11)9(12)14/h8H,3-7H2,1-2H3,(H2,12,14)(H,13,15). The van der Waals surface area contributed by atoms with Gasteiger partial charge in [0.15, 0.2) is 0 Å². The van der Waals surface area contributed by atoms with Crippen molar-refractivity contribution in [3.63, 3.8) is 0 Å². The van der Waals surface area contributed by atoms with Crippen LogP contribution in [-0.4, -0.2) is 17.9 Å². The highest BCUT2D eigenvalue weighted by molar-refractivity contribution is 6.07. The predicted octanol–water partition coefficient (Wildman–Crippen LogP) is 0.947. The molecule has 1 atom stereocenters. The van der Waals surface area contributed by atoms with E-state index in [0.717, 1.165) is 19.3 Å². The van der Waals surface area contributed by atoms with Crippen molar-refractivity contribution in [1.29, 1.82) is 0 Å². The molecular weight excluding hydrogens is 192 g/mol. The van der Waals surface area contributed by atoms with Crippen molar-refractivity contribution in [2.75, 3.05) is 0 Å². The maximum Gasteiger partial charge on any atom is 0.235 e. The SMILES string of the molecule is CCCC(CC)NC(=O)C1(C(N)=O)CC1. The van der Waals surface area contributed by atoms with E-state index in [0.29, 0.717) is 12.8 Å². The quantitative estimate of drug-likeness (QED) is 0.643. The fraction of sp³-hybridized carbons (Fsp3) is 0.818. The van der Waals surface area contributed by atoms with E-state index >= 15 is 0 Å². The molecule has 86 valence electrons. The van der Waals surface area contributed by atoms with Gasteiger partial charge < -0.3 is 11.1 Å². The van der Waals surface area contributed by atoms with Crippen molar-refractivity contribution in [2.45, 2.75) is 52.0 Å². The van der Waals surface area contributed by atoms with Gasteiger partial charge in [-0.1, -0.05) is 20.3 Å². The molecule has 0 aromatic rings. The Labute approximate surface area is 90.6 Å². The van der Waals surface area contributed by atoms with Crippen LogP contribution in [0, 0.1) is 5.41 Å². The minimum atomic E-state index is -0.874. The highest BCUT2D eigenvalue weighted by Gasteiger charge is 2.55. The van der Waals surface area contributed by atoms with Gasteiger partial charge in [-0.3, -0.25) is 9.59 Å². The van der Waals surface area contributed by atoms with Crippen LogP contribution < -0.4 is 11.1 Å². The number of rotatable bonds is 6. The number of nitrogens with one attached hydrogen (secondary N) is 1. The summed E-state index contributed by atoms with van der Waals surface area (Å²) in [6.07, 6.45) is 4.10. The molecule has 1 fully saturated rings. The smallest absolute Gasteiger partial charge is 0.235 e. The molecule has 0 aromatic heterocycles. The molecule has 1 unspecified atom stereocenters. The first kappa shape index (κ1) is 12.0. The first-order valence-corrected chi connectivity index (χ1v) is 5.67. The summed E-state index contributed by atoms with van der Waals surface area (Å²) in [7, 11) is 0. The largest absolute Gasteiger partial charge is 0.369 e. The van der Waals surface area contributed by atoms with Crippen LogP contribution in [0.15, 0.2) is 0 Å². The van der Waals surface area contributed by atoms with Gasteiger partial charge >= 0.3 is 0 Å². The molecule has 4 nitrogen and oxygen atoms in total. The van der Waals surface area contributed by atoms with E-state index in [1.165, 1.54) is 0 Å². The number of carbonyl (C=O) groups excluding carboxylic acids is 2. The van der Waals surface area contributed by atoms with Gasteiger partial charge in [-0.05, 0) is 25.7 Å². The van der Waals surface area contributed by atoms with Crippen LogP contribution in [0.2, 0.25) is 0 Å². The van der Waals surface area contributed by atoms with Crippen molar-refractivity contribution >= 4 is 11.8 Å². The van der Waals surface area contributed by atoms with Crippen LogP contribution in [-0.2, 0) is 9.59 Å². The lowest BCUT2D eigenvalue weighted by Crippen LogP contribution is -2.44. The third kappa shape index (κ3) is 2.49. The van der Waals surface area contributed by atoms with Crippen LogP contribution in [0.3, 0.4) is 0 Å². The molecule has 1 saturated carbocycles. The molecule has 0 heterocycles. The normalized spacial score (nSPS) is 19.3. The first-order valence-electron chi connectivity index (χ1n) is 5.67. The van der Waals surface area contributed by atoms with Crippen LogP contribution in [0.25, 0.3) is 0 Å². The van der Waals surface area contributed by atoms with Gasteiger partial charge in [0.1, 0.15) is 5.41 Å². The topological polar surface area (TPSA) is 72.2 Å². The lowest BCUT2D eigenvalue weighted by Gasteiger charge is -2.19. The summed E-state index contributed by atoms with van der Waals surface area (Å²) >= 11 is 0. The lowest BCUT2D eigenvalue weighted by atomic mass is 10.0. The number of amides is 2. The fourth-order valence-electron chi connectivity index (χ4n) is 1.76. The second-order valence-electron chi connectivity index (χ2n) is 4.31. The summed E-state index contributed by atoms with van der Waals surface area (Å²) in [5.41, 5.74) is 4.35. The molecule has 0 spiro atoms. The summed E-state index contributed by atoms with van der Waals surface area (Å²) < 4.78 is 0. The first-order chi connectivity index (χ1) is 7.06. The van der Waals surface area contributed by atoms with Crippen molar-refractivity contribution in [1.82, 2.24) is 5.32 Å². The lowest BCUT2D eigenvalue weighted by molar-refractivity contribution is -0.135. The molecule has 1 aliphatic carbocycles. The molecule has 0 saturated heterocycles. The van der Waals surface area contributed by atoms with E-state index in [1.54, 1.807) is 0 Å². The number of hydrogen-bond donors (Lipinski definition) is 2. The molecule has 1 rings (SSSR count). The monoisotopic (exact) mass is 212 g/mol. The summed E-state index contributed by atoms with van der Waals surface area (Å²) in [6.45, 7) is 4.11. The molecule has 0 bridgehead atoms. The van der Waals surface area contributed by atoms with Gasteiger partial charge in [0.2, 0.25) is 11.8 Å². The van der Waals surface area contributed by atoms with E-state index in [1.807, 2.05) is 6.92 Å². The Kier molecular flexibility index (Phi) is 3.72. The van der Waals surface area contributed by atoms with Gasteiger partial charge in [0.25, 0.3) is 0 Å². The third-order valence-electron chi connectivity index (χ3n) is 3.12. The molecule has 4 heteroatoms. The third-order valence-corrected chi connectivity index (χ3v) is 3.12. The summed E-state index contributed by atoms with van der Waals surface area (Å²) in [5, 5.41) is 2.91. The average molecular weight is 212 g/mol. The second-order valence-corrected chi connectivity index (χ2v) is 4.31. The van der Waals surface area contributed by atoms with Crippen LogP contribution in [0.4, 0.5) is 0 Å². The van der Waals surface area contributed by atoms with Crippen molar-refractivity contribution < 1.29 is 9.59 Å². The summed E-state index contributed by atoms with van der Waals surface area (Å²) in [5.74, 6) is -0.651. The number of primary amides is 1. The molecular formula is C11H20N2O2. The second kappa shape index (κ2) is 4.64. The predicted molar refractivity (Wildman–Crippen MR) is 58.0 cm³/mol. The van der Waals surface area contributed by atoms with Crippen molar-refractivity contribution in [3.8, 4) is 0 Å². The molecule has 0 aromatic carbocycles. The van der Waals surface area contributed by atoms with Crippen molar-refractivity contribution in [2.24, 2.45) is 11.1 Å². The van der Waals surface area contributed by atoms with E-state index in [2.05, 4.69) is 12.2 Å². The minimum Gasteiger partial charge on any atom is -0.369 e. The Morgan fingerprint density at radius 3 is 2.33 bits per heavy atom. The zero-order chi connectivity index (χ0) is 11.5. The van der Waals surface area contributed by atoms with E-state index < -0.39 is 11.3 Å². The minimum absolute atomic E-state index is 0.171. The van der Waals surface area contributed by atoms with Gasteiger partial charge in [0.05, 0.1) is 0 Å².